The van der Waals surface area contributed by atoms with Crippen molar-refractivity contribution in [2.24, 2.45) is 5.73 Å². The average molecular weight is 336 g/mol. The van der Waals surface area contributed by atoms with Crippen molar-refractivity contribution in [2.45, 2.75) is 25.8 Å². The zero-order chi connectivity index (χ0) is 17.6. The lowest BCUT2D eigenvalue weighted by Gasteiger charge is -2.05. The molecule has 6 heteroatoms. The molecule has 4 N–H and O–H groups in total. The number of hydrogen-bond acceptors (Lipinski definition) is 3. The molecule has 0 fully saturated rings. The molecule has 0 saturated carbocycles. The Morgan fingerprint density at radius 3 is 2.56 bits per heavy atom. The second-order valence-corrected chi connectivity index (χ2v) is 5.89. The number of carbonyl (C=O) groups is 2. The van der Waals surface area contributed by atoms with Gasteiger partial charge in [-0.15, -0.1) is 0 Å². The lowest BCUT2D eigenvalue weighted by Crippen LogP contribution is -2.22. The van der Waals surface area contributed by atoms with E-state index in [0.717, 1.165) is 35.3 Å². The first-order chi connectivity index (χ1) is 12.1. The summed E-state index contributed by atoms with van der Waals surface area (Å²) in [6.07, 6.45) is 1.90. The molecule has 0 aliphatic heterocycles. The zero-order valence-corrected chi connectivity index (χ0v) is 13.8. The number of fused-ring (bicyclic) bond motifs is 1. The third kappa shape index (κ3) is 4.44. The number of carbonyl (C=O) groups excluding carboxylic acids is 2. The first-order valence-corrected chi connectivity index (χ1v) is 8.21. The van der Waals surface area contributed by atoms with Crippen LogP contribution in [0.15, 0.2) is 48.5 Å². The first kappa shape index (κ1) is 16.7. The maximum atomic E-state index is 11.9. The number of benzene rings is 2. The maximum absolute atomic E-state index is 11.9. The van der Waals surface area contributed by atoms with E-state index in [2.05, 4.69) is 15.3 Å². The van der Waals surface area contributed by atoms with Gasteiger partial charge in [0.2, 0.25) is 11.8 Å². The molecule has 1 heterocycles. The van der Waals surface area contributed by atoms with Gasteiger partial charge in [0.05, 0.1) is 11.0 Å². The van der Waals surface area contributed by atoms with Gasteiger partial charge in [-0.25, -0.2) is 4.98 Å². The maximum Gasteiger partial charge on any atom is 0.248 e. The Balaban J connectivity index is 1.42. The summed E-state index contributed by atoms with van der Waals surface area (Å²) < 4.78 is 0. The largest absolute Gasteiger partial charge is 0.366 e. The number of imidazole rings is 1. The van der Waals surface area contributed by atoms with Crippen LogP contribution in [0, 0.1) is 0 Å². The highest BCUT2D eigenvalue weighted by atomic mass is 16.1. The lowest BCUT2D eigenvalue weighted by atomic mass is 10.1. The number of para-hydroxylation sites is 2. The molecule has 0 unspecified atom stereocenters. The van der Waals surface area contributed by atoms with Crippen molar-refractivity contribution < 1.29 is 9.59 Å². The first-order valence-electron chi connectivity index (χ1n) is 8.21. The monoisotopic (exact) mass is 336 g/mol. The average Bonchev–Trinajstić information content (AvgIpc) is 3.03. The Morgan fingerprint density at radius 1 is 1.08 bits per heavy atom. The molecule has 0 bridgehead atoms. The third-order valence-corrected chi connectivity index (χ3v) is 3.98. The standard InChI is InChI=1S/C19H20N4O2/c20-19(25)14-10-8-13(9-11-14)12-21-18(24)7-3-6-17-22-15-4-1-2-5-16(15)23-17/h1-2,4-5,8-11H,3,6-7,12H2,(H2,20,25)(H,21,24)(H,22,23). The molecule has 0 spiro atoms. The highest BCUT2D eigenvalue weighted by Gasteiger charge is 2.06. The van der Waals surface area contributed by atoms with Gasteiger partial charge >= 0.3 is 0 Å². The summed E-state index contributed by atoms with van der Waals surface area (Å²) in [5, 5.41) is 2.87. The second kappa shape index (κ2) is 7.61. The van der Waals surface area contributed by atoms with E-state index in [4.69, 9.17) is 5.73 Å². The number of nitrogens with zero attached hydrogens (tertiary/aromatic N) is 1. The number of amides is 2. The summed E-state index contributed by atoms with van der Waals surface area (Å²) in [5.41, 5.74) is 8.54. The number of nitrogens with one attached hydrogen (secondary N) is 2. The summed E-state index contributed by atoms with van der Waals surface area (Å²) >= 11 is 0. The Hall–Kier alpha value is -3.15. The highest BCUT2D eigenvalue weighted by Crippen LogP contribution is 2.12. The van der Waals surface area contributed by atoms with Gasteiger partial charge in [-0.1, -0.05) is 24.3 Å². The molecular weight excluding hydrogens is 316 g/mol. The van der Waals surface area contributed by atoms with E-state index in [1.54, 1.807) is 24.3 Å². The molecule has 0 aliphatic rings. The lowest BCUT2D eigenvalue weighted by molar-refractivity contribution is -0.121. The molecule has 1 aromatic heterocycles. The summed E-state index contributed by atoms with van der Waals surface area (Å²) in [4.78, 5) is 30.7. The van der Waals surface area contributed by atoms with Crippen LogP contribution >= 0.6 is 0 Å². The van der Waals surface area contributed by atoms with Crippen molar-refractivity contribution in [1.29, 1.82) is 0 Å². The zero-order valence-electron chi connectivity index (χ0n) is 13.8. The number of nitrogens with two attached hydrogens (primary N) is 1. The van der Waals surface area contributed by atoms with E-state index < -0.39 is 5.91 Å². The number of rotatable bonds is 7. The molecule has 0 saturated heterocycles. The summed E-state index contributed by atoms with van der Waals surface area (Å²) in [6, 6.07) is 14.8. The molecule has 6 nitrogen and oxygen atoms in total. The minimum absolute atomic E-state index is 0.00455. The molecule has 25 heavy (non-hydrogen) atoms. The van der Waals surface area contributed by atoms with Gasteiger partial charge in [0.1, 0.15) is 5.82 Å². The smallest absolute Gasteiger partial charge is 0.248 e. The van der Waals surface area contributed by atoms with Crippen LogP contribution in [-0.4, -0.2) is 21.8 Å². The minimum atomic E-state index is -0.457. The predicted octanol–water partition coefficient (Wildman–Crippen LogP) is 2.30. The Bertz CT molecular complexity index is 851. The topological polar surface area (TPSA) is 101 Å². The van der Waals surface area contributed by atoms with Crippen LogP contribution in [-0.2, 0) is 17.8 Å². The van der Waals surface area contributed by atoms with Crippen LogP contribution in [0.1, 0.15) is 34.6 Å². The number of aryl methyl sites for hydroxylation is 1. The number of aromatic nitrogens is 2. The van der Waals surface area contributed by atoms with E-state index in [1.165, 1.54) is 0 Å². The molecule has 0 atom stereocenters. The number of aromatic amines is 1. The van der Waals surface area contributed by atoms with E-state index in [0.29, 0.717) is 18.5 Å². The molecule has 128 valence electrons. The van der Waals surface area contributed by atoms with Gasteiger partial charge in [0.25, 0.3) is 0 Å². The number of H-pyrrole nitrogens is 1. The van der Waals surface area contributed by atoms with E-state index in [9.17, 15) is 9.59 Å². The molecule has 0 radical (unpaired) electrons. The van der Waals surface area contributed by atoms with Gasteiger partial charge in [-0.2, -0.15) is 0 Å². The van der Waals surface area contributed by atoms with Crippen LogP contribution in [0.3, 0.4) is 0 Å². The Labute approximate surface area is 145 Å². The molecule has 3 rings (SSSR count). The molecule has 0 aliphatic carbocycles. The Kier molecular flexibility index (Phi) is 5.09. The van der Waals surface area contributed by atoms with E-state index in [-0.39, 0.29) is 5.91 Å². The van der Waals surface area contributed by atoms with Crippen molar-refractivity contribution in [2.75, 3.05) is 0 Å². The Morgan fingerprint density at radius 2 is 1.84 bits per heavy atom. The summed E-state index contributed by atoms with van der Waals surface area (Å²) in [6.45, 7) is 0.433. The molecule has 2 aromatic carbocycles. The van der Waals surface area contributed by atoms with Crippen LogP contribution in [0.5, 0.6) is 0 Å². The van der Waals surface area contributed by atoms with Gasteiger partial charge in [0, 0.05) is 24.9 Å². The second-order valence-electron chi connectivity index (χ2n) is 5.89. The van der Waals surface area contributed by atoms with Gasteiger partial charge in [-0.3, -0.25) is 9.59 Å². The number of primary amides is 1. The van der Waals surface area contributed by atoms with E-state index in [1.807, 2.05) is 24.3 Å². The molecular formula is C19H20N4O2. The summed E-state index contributed by atoms with van der Waals surface area (Å²) in [5.74, 6) is 0.437. The number of hydrogen-bond donors (Lipinski definition) is 3. The molecule has 2 amide bonds. The van der Waals surface area contributed by atoms with Crippen LogP contribution in [0.2, 0.25) is 0 Å². The van der Waals surface area contributed by atoms with Crippen molar-refractivity contribution in [1.82, 2.24) is 15.3 Å². The van der Waals surface area contributed by atoms with Crippen molar-refractivity contribution in [3.63, 3.8) is 0 Å². The fraction of sp³-hybridized carbons (Fsp3) is 0.211. The van der Waals surface area contributed by atoms with Crippen LogP contribution < -0.4 is 11.1 Å². The van der Waals surface area contributed by atoms with Gasteiger partial charge < -0.3 is 16.0 Å². The quantitative estimate of drug-likeness (QED) is 0.617. The highest BCUT2D eigenvalue weighted by molar-refractivity contribution is 5.92. The van der Waals surface area contributed by atoms with Crippen LogP contribution in [0.4, 0.5) is 0 Å². The van der Waals surface area contributed by atoms with Crippen molar-refractivity contribution in [3.05, 3.63) is 65.5 Å². The fourth-order valence-corrected chi connectivity index (χ4v) is 2.62. The summed E-state index contributed by atoms with van der Waals surface area (Å²) in [7, 11) is 0. The van der Waals surface area contributed by atoms with Crippen molar-refractivity contribution in [3.8, 4) is 0 Å². The molecule has 3 aromatic rings. The minimum Gasteiger partial charge on any atom is -0.366 e. The van der Waals surface area contributed by atoms with Crippen LogP contribution in [0.25, 0.3) is 11.0 Å². The van der Waals surface area contributed by atoms with Gasteiger partial charge in [-0.05, 0) is 36.2 Å². The fourth-order valence-electron chi connectivity index (χ4n) is 2.62. The normalized spacial score (nSPS) is 10.7. The predicted molar refractivity (Wildman–Crippen MR) is 95.8 cm³/mol. The van der Waals surface area contributed by atoms with Gasteiger partial charge in [0.15, 0.2) is 0 Å². The third-order valence-electron chi connectivity index (χ3n) is 3.98. The SMILES string of the molecule is NC(=O)c1ccc(CNC(=O)CCCc2nc3ccccc3[nH]2)cc1. The van der Waals surface area contributed by atoms with E-state index >= 15 is 0 Å². The van der Waals surface area contributed by atoms with Crippen molar-refractivity contribution >= 4 is 22.8 Å².